The molecule has 0 spiro atoms. The van der Waals surface area contributed by atoms with Gasteiger partial charge in [-0.15, -0.1) is 0 Å². The first-order valence-electron chi connectivity index (χ1n) is 8.27. The molecular formula is C19H17NO4S. The van der Waals surface area contributed by atoms with Gasteiger partial charge in [-0.2, -0.15) is 0 Å². The molecule has 5 nitrogen and oxygen atoms in total. The van der Waals surface area contributed by atoms with E-state index in [2.05, 4.69) is 4.90 Å². The fourth-order valence-electron chi connectivity index (χ4n) is 4.10. The topological polar surface area (TPSA) is 63.7 Å². The number of rotatable bonds is 3. The highest BCUT2D eigenvalue weighted by atomic mass is 32.2. The van der Waals surface area contributed by atoms with Crippen LogP contribution in [0.5, 0.6) is 0 Å². The van der Waals surface area contributed by atoms with Crippen molar-refractivity contribution in [3.05, 3.63) is 66.5 Å². The Morgan fingerprint density at radius 3 is 2.60 bits per heavy atom. The predicted octanol–water partition coefficient (Wildman–Crippen LogP) is 3.29. The Morgan fingerprint density at radius 2 is 1.84 bits per heavy atom. The van der Waals surface area contributed by atoms with Gasteiger partial charge in [-0.25, -0.2) is 8.42 Å². The Labute approximate surface area is 145 Å². The number of likely N-dealkylation sites (tertiary alicyclic amines) is 1. The second-order valence-electron chi connectivity index (χ2n) is 6.78. The lowest BCUT2D eigenvalue weighted by atomic mass is 9.95. The molecule has 5 rings (SSSR count). The normalized spacial score (nSPS) is 24.3. The summed E-state index contributed by atoms with van der Waals surface area (Å²) in [6.07, 6.45) is 6.68. The van der Waals surface area contributed by atoms with Gasteiger partial charge in [0.15, 0.2) is 9.84 Å². The van der Waals surface area contributed by atoms with Crippen LogP contribution in [-0.2, 0) is 16.4 Å². The molecule has 128 valence electrons. The Morgan fingerprint density at radius 1 is 1.00 bits per heavy atom. The van der Waals surface area contributed by atoms with Gasteiger partial charge in [-0.05, 0) is 35.4 Å². The minimum absolute atomic E-state index is 0.0266. The van der Waals surface area contributed by atoms with E-state index in [9.17, 15) is 8.42 Å². The molecule has 1 fully saturated rings. The molecule has 2 aliphatic heterocycles. The molecule has 0 bridgehead atoms. The van der Waals surface area contributed by atoms with E-state index < -0.39 is 9.84 Å². The van der Waals surface area contributed by atoms with Crippen LogP contribution in [0, 0.1) is 0 Å². The smallest absolute Gasteiger partial charge is 0.183 e. The first-order valence-corrected chi connectivity index (χ1v) is 9.81. The van der Waals surface area contributed by atoms with E-state index in [-0.39, 0.29) is 11.2 Å². The third-order valence-electron chi connectivity index (χ3n) is 5.30. The van der Waals surface area contributed by atoms with Crippen molar-refractivity contribution in [2.45, 2.75) is 22.6 Å². The summed E-state index contributed by atoms with van der Waals surface area (Å²) in [4.78, 5) is 2.70. The van der Waals surface area contributed by atoms with Crippen molar-refractivity contribution in [3.63, 3.8) is 0 Å². The largest absolute Gasteiger partial charge is 0.472 e. The first-order chi connectivity index (χ1) is 12.1. The third kappa shape index (κ3) is 2.28. The minimum atomic E-state index is -3.27. The highest BCUT2D eigenvalue weighted by Crippen LogP contribution is 2.46. The SMILES string of the molecule is O=S1(=O)c2ccc(-c3ccoc3)cc2C2CN(Cc3ccoc3)CC21. The molecule has 2 aliphatic rings. The lowest BCUT2D eigenvalue weighted by Gasteiger charge is -2.16. The van der Waals surface area contributed by atoms with E-state index >= 15 is 0 Å². The molecule has 0 N–H and O–H groups in total. The molecule has 2 aromatic heterocycles. The average molecular weight is 355 g/mol. The van der Waals surface area contributed by atoms with Crippen LogP contribution in [0.2, 0.25) is 0 Å². The van der Waals surface area contributed by atoms with Crippen LogP contribution in [-0.4, -0.2) is 31.7 Å². The van der Waals surface area contributed by atoms with Crippen molar-refractivity contribution in [3.8, 4) is 11.1 Å². The molecule has 0 saturated carbocycles. The van der Waals surface area contributed by atoms with Gasteiger partial charge in [0.25, 0.3) is 0 Å². The second-order valence-corrected chi connectivity index (χ2v) is 8.92. The minimum Gasteiger partial charge on any atom is -0.472 e. The van der Waals surface area contributed by atoms with Gasteiger partial charge in [-0.1, -0.05) is 6.07 Å². The third-order valence-corrected chi connectivity index (χ3v) is 7.56. The fraction of sp³-hybridized carbons (Fsp3) is 0.263. The van der Waals surface area contributed by atoms with Crippen LogP contribution in [0.15, 0.2) is 69.1 Å². The van der Waals surface area contributed by atoms with E-state index in [1.165, 1.54) is 0 Å². The summed E-state index contributed by atoms with van der Waals surface area (Å²) in [5.41, 5.74) is 3.98. The van der Waals surface area contributed by atoms with E-state index in [0.717, 1.165) is 35.3 Å². The van der Waals surface area contributed by atoms with Gasteiger partial charge in [0.2, 0.25) is 0 Å². The maximum atomic E-state index is 12.9. The summed E-state index contributed by atoms with van der Waals surface area (Å²) in [6.45, 7) is 2.03. The van der Waals surface area contributed by atoms with Crippen molar-refractivity contribution in [2.75, 3.05) is 13.1 Å². The summed E-state index contributed by atoms with van der Waals surface area (Å²) >= 11 is 0. The Bertz CT molecular complexity index is 1010. The molecule has 0 amide bonds. The van der Waals surface area contributed by atoms with Crippen molar-refractivity contribution < 1.29 is 17.3 Å². The van der Waals surface area contributed by atoms with Gasteiger partial charge < -0.3 is 8.83 Å². The summed E-state index contributed by atoms with van der Waals surface area (Å²) in [6, 6.07) is 9.46. The number of fused-ring (bicyclic) bond motifs is 3. The van der Waals surface area contributed by atoms with Crippen molar-refractivity contribution in [1.82, 2.24) is 4.90 Å². The molecule has 1 aromatic carbocycles. The van der Waals surface area contributed by atoms with Crippen molar-refractivity contribution in [2.24, 2.45) is 0 Å². The van der Waals surface area contributed by atoms with Gasteiger partial charge in [0, 0.05) is 36.7 Å². The van der Waals surface area contributed by atoms with Crippen LogP contribution >= 0.6 is 0 Å². The molecule has 3 aromatic rings. The van der Waals surface area contributed by atoms with Crippen molar-refractivity contribution >= 4 is 9.84 Å². The molecule has 2 atom stereocenters. The van der Waals surface area contributed by atoms with Crippen LogP contribution in [0.4, 0.5) is 0 Å². The van der Waals surface area contributed by atoms with E-state index in [1.54, 1.807) is 31.1 Å². The summed E-state index contributed by atoms with van der Waals surface area (Å²) in [5.74, 6) is 0.0266. The summed E-state index contributed by atoms with van der Waals surface area (Å²) in [7, 11) is -3.27. The zero-order chi connectivity index (χ0) is 17.0. The first kappa shape index (κ1) is 15.0. The predicted molar refractivity (Wildman–Crippen MR) is 91.8 cm³/mol. The maximum absolute atomic E-state index is 12.9. The molecule has 1 saturated heterocycles. The second kappa shape index (κ2) is 5.34. The number of furan rings is 2. The molecule has 0 aliphatic carbocycles. The number of nitrogens with zero attached hydrogens (tertiary/aromatic N) is 1. The Balaban J connectivity index is 1.51. The Hall–Kier alpha value is -2.31. The van der Waals surface area contributed by atoms with E-state index in [0.29, 0.717) is 11.4 Å². The molecule has 6 heteroatoms. The number of benzene rings is 1. The van der Waals surface area contributed by atoms with Crippen molar-refractivity contribution in [1.29, 1.82) is 0 Å². The monoisotopic (exact) mass is 355 g/mol. The lowest BCUT2D eigenvalue weighted by molar-refractivity contribution is 0.324. The van der Waals surface area contributed by atoms with Gasteiger partial charge in [0.1, 0.15) is 0 Å². The zero-order valence-electron chi connectivity index (χ0n) is 13.5. The van der Waals surface area contributed by atoms with Crippen LogP contribution in [0.25, 0.3) is 11.1 Å². The molecule has 4 heterocycles. The van der Waals surface area contributed by atoms with Gasteiger partial charge >= 0.3 is 0 Å². The standard InChI is InChI=1S/C19H17NO4S/c21-25(22)18-2-1-14(15-4-6-24-12-15)7-16(18)17-9-20(10-19(17)25)8-13-3-5-23-11-13/h1-7,11-12,17,19H,8-10H2. The number of hydrogen-bond acceptors (Lipinski definition) is 5. The molecule has 25 heavy (non-hydrogen) atoms. The van der Waals surface area contributed by atoms with Gasteiger partial charge in [-0.3, -0.25) is 4.90 Å². The van der Waals surface area contributed by atoms with E-state index in [1.807, 2.05) is 24.3 Å². The van der Waals surface area contributed by atoms with Crippen LogP contribution in [0.3, 0.4) is 0 Å². The van der Waals surface area contributed by atoms with Gasteiger partial charge in [0.05, 0.1) is 35.2 Å². The highest BCUT2D eigenvalue weighted by Gasteiger charge is 2.50. The Kier molecular flexibility index (Phi) is 3.20. The summed E-state index contributed by atoms with van der Waals surface area (Å²) < 4.78 is 36.2. The number of hydrogen-bond donors (Lipinski definition) is 0. The number of sulfone groups is 1. The lowest BCUT2D eigenvalue weighted by Crippen LogP contribution is -2.25. The maximum Gasteiger partial charge on any atom is 0.183 e. The molecular weight excluding hydrogens is 338 g/mol. The highest BCUT2D eigenvalue weighted by molar-refractivity contribution is 7.92. The summed E-state index contributed by atoms with van der Waals surface area (Å²) in [5, 5.41) is -0.353. The molecule has 0 radical (unpaired) electrons. The van der Waals surface area contributed by atoms with E-state index in [4.69, 9.17) is 8.83 Å². The van der Waals surface area contributed by atoms with Crippen LogP contribution in [0.1, 0.15) is 17.0 Å². The zero-order valence-corrected chi connectivity index (χ0v) is 14.3. The quantitative estimate of drug-likeness (QED) is 0.721. The average Bonchev–Trinajstić information content (AvgIpc) is 3.37. The van der Waals surface area contributed by atoms with Crippen LogP contribution < -0.4 is 0 Å². The fourth-order valence-corrected chi connectivity index (χ4v) is 6.30. The molecule has 2 unspecified atom stereocenters.